The highest BCUT2D eigenvalue weighted by Gasteiger charge is 2.29. The van der Waals surface area contributed by atoms with Gasteiger partial charge in [-0.1, -0.05) is 24.3 Å². The Morgan fingerprint density at radius 2 is 1.68 bits per heavy atom. The lowest BCUT2D eigenvalue weighted by atomic mass is 10.1. The van der Waals surface area contributed by atoms with Crippen LogP contribution in [0, 0.1) is 13.8 Å². The first-order valence-electron chi connectivity index (χ1n) is 12.4. The van der Waals surface area contributed by atoms with Crippen molar-refractivity contribution in [2.24, 2.45) is 0 Å². The van der Waals surface area contributed by atoms with Gasteiger partial charge in [0.25, 0.3) is 0 Å². The average molecular weight is 532 g/mol. The van der Waals surface area contributed by atoms with Crippen molar-refractivity contribution >= 4 is 27.5 Å². The Bertz CT molecular complexity index is 1190. The Hall–Kier alpha value is -3.07. The van der Waals surface area contributed by atoms with Crippen molar-refractivity contribution in [3.05, 3.63) is 59.2 Å². The van der Waals surface area contributed by atoms with Crippen LogP contribution in [0.2, 0.25) is 0 Å². The summed E-state index contributed by atoms with van der Waals surface area (Å²) in [5, 5.41) is 2.95. The maximum absolute atomic E-state index is 13.4. The molecular formula is C28H41N3O5S. The van der Waals surface area contributed by atoms with Crippen LogP contribution in [0.25, 0.3) is 0 Å². The van der Waals surface area contributed by atoms with Gasteiger partial charge in [-0.2, -0.15) is 0 Å². The maximum atomic E-state index is 13.4. The molecule has 0 saturated heterocycles. The molecule has 0 bridgehead atoms. The largest absolute Gasteiger partial charge is 0.497 e. The second kappa shape index (κ2) is 12.4. The lowest BCUT2D eigenvalue weighted by Gasteiger charge is -2.32. The minimum absolute atomic E-state index is 0.0974. The van der Waals surface area contributed by atoms with Gasteiger partial charge in [-0.3, -0.25) is 13.9 Å². The number of sulfonamides is 1. The molecule has 0 saturated carbocycles. The Morgan fingerprint density at radius 1 is 1.05 bits per heavy atom. The third-order valence-electron chi connectivity index (χ3n) is 6.17. The summed E-state index contributed by atoms with van der Waals surface area (Å²) in [7, 11) is -1.96. The van der Waals surface area contributed by atoms with Gasteiger partial charge in [-0.05, 0) is 82.9 Å². The molecule has 0 spiro atoms. The number of carbonyl (C=O) groups excluding carboxylic acids is 2. The molecule has 0 radical (unpaired) electrons. The van der Waals surface area contributed by atoms with Gasteiger partial charge in [0.1, 0.15) is 11.8 Å². The van der Waals surface area contributed by atoms with E-state index in [1.165, 1.54) is 10.6 Å². The number of benzene rings is 2. The first-order valence-corrected chi connectivity index (χ1v) is 14.3. The van der Waals surface area contributed by atoms with E-state index in [9.17, 15) is 18.0 Å². The summed E-state index contributed by atoms with van der Waals surface area (Å²) in [5.41, 5.74) is 2.90. The molecule has 1 atom stereocenters. The van der Waals surface area contributed by atoms with E-state index < -0.39 is 21.6 Å². The van der Waals surface area contributed by atoms with Gasteiger partial charge in [0.05, 0.1) is 19.1 Å². The molecule has 0 heterocycles. The molecule has 8 nitrogen and oxygen atoms in total. The fraction of sp³-hybridized carbons (Fsp3) is 0.500. The van der Waals surface area contributed by atoms with E-state index in [0.29, 0.717) is 17.9 Å². The number of nitrogens with zero attached hydrogens (tertiary/aromatic N) is 2. The van der Waals surface area contributed by atoms with Gasteiger partial charge < -0.3 is 15.0 Å². The van der Waals surface area contributed by atoms with Crippen molar-refractivity contribution in [2.45, 2.75) is 72.5 Å². The highest BCUT2D eigenvalue weighted by molar-refractivity contribution is 7.92. The standard InChI is InChI=1S/C28H41N3O5S/c1-20-11-9-12-25(21(20)2)31(37(8,34)35)18-10-13-26(32)30(22(3)27(33)29-28(4,5)6)19-23-14-16-24(36-7)17-15-23/h9,11-12,14-17,22H,10,13,18-19H2,1-8H3,(H,29,33). The highest BCUT2D eigenvalue weighted by atomic mass is 32.2. The summed E-state index contributed by atoms with van der Waals surface area (Å²) in [4.78, 5) is 27.9. The van der Waals surface area contributed by atoms with Crippen molar-refractivity contribution in [1.29, 1.82) is 0 Å². The van der Waals surface area contributed by atoms with E-state index in [1.807, 2.05) is 71.0 Å². The Labute approximate surface area is 222 Å². The first-order chi connectivity index (χ1) is 17.1. The van der Waals surface area contributed by atoms with Crippen LogP contribution in [0.5, 0.6) is 5.75 Å². The van der Waals surface area contributed by atoms with Crippen LogP contribution in [-0.2, 0) is 26.2 Å². The smallest absolute Gasteiger partial charge is 0.242 e. The zero-order chi connectivity index (χ0) is 28.0. The number of hydrogen-bond acceptors (Lipinski definition) is 5. The number of ether oxygens (including phenoxy) is 1. The molecule has 0 aromatic heterocycles. The van der Waals surface area contributed by atoms with E-state index in [1.54, 1.807) is 25.0 Å². The summed E-state index contributed by atoms with van der Waals surface area (Å²) < 4.78 is 31.8. The lowest BCUT2D eigenvalue weighted by Crippen LogP contribution is -2.52. The molecule has 2 aromatic rings. The topological polar surface area (TPSA) is 96.0 Å². The van der Waals surface area contributed by atoms with Crippen molar-refractivity contribution in [3.63, 3.8) is 0 Å². The molecule has 1 unspecified atom stereocenters. The molecule has 0 fully saturated rings. The molecule has 0 aliphatic rings. The molecule has 2 rings (SSSR count). The molecule has 2 amide bonds. The van der Waals surface area contributed by atoms with Crippen LogP contribution >= 0.6 is 0 Å². The highest BCUT2D eigenvalue weighted by Crippen LogP contribution is 2.25. The van der Waals surface area contributed by atoms with Crippen LogP contribution in [0.3, 0.4) is 0 Å². The van der Waals surface area contributed by atoms with E-state index in [4.69, 9.17) is 4.74 Å². The fourth-order valence-electron chi connectivity index (χ4n) is 3.97. The number of hydrogen-bond donors (Lipinski definition) is 1. The molecular weight excluding hydrogens is 490 g/mol. The number of rotatable bonds is 11. The van der Waals surface area contributed by atoms with Crippen LogP contribution in [0.15, 0.2) is 42.5 Å². The van der Waals surface area contributed by atoms with Gasteiger partial charge >= 0.3 is 0 Å². The van der Waals surface area contributed by atoms with Crippen LogP contribution in [0.4, 0.5) is 5.69 Å². The third kappa shape index (κ3) is 8.77. The molecule has 1 N–H and O–H groups in total. The predicted octanol–water partition coefficient (Wildman–Crippen LogP) is 4.19. The van der Waals surface area contributed by atoms with Crippen molar-refractivity contribution < 1.29 is 22.7 Å². The van der Waals surface area contributed by atoms with Gasteiger partial charge in [-0.25, -0.2) is 8.42 Å². The number of methoxy groups -OCH3 is 1. The Balaban J connectivity index is 2.23. The Kier molecular flexibility index (Phi) is 10.1. The second-order valence-corrected chi connectivity index (χ2v) is 12.3. The van der Waals surface area contributed by atoms with E-state index in [-0.39, 0.29) is 31.3 Å². The van der Waals surface area contributed by atoms with Crippen molar-refractivity contribution in [2.75, 3.05) is 24.2 Å². The van der Waals surface area contributed by atoms with Gasteiger partial charge in [0.2, 0.25) is 21.8 Å². The molecule has 0 aliphatic heterocycles. The molecule has 0 aliphatic carbocycles. The summed E-state index contributed by atoms with van der Waals surface area (Å²) in [6.07, 6.45) is 1.58. The third-order valence-corrected chi connectivity index (χ3v) is 7.35. The number of aryl methyl sites for hydroxylation is 1. The van der Waals surface area contributed by atoms with Crippen LogP contribution in [-0.4, -0.2) is 56.6 Å². The normalized spacial score (nSPS) is 12.5. The number of nitrogens with one attached hydrogen (secondary N) is 1. The summed E-state index contributed by atoms with van der Waals surface area (Å²) in [6, 6.07) is 12.2. The quantitative estimate of drug-likeness (QED) is 0.469. The predicted molar refractivity (Wildman–Crippen MR) is 148 cm³/mol. The minimum atomic E-state index is -3.55. The van der Waals surface area contributed by atoms with Crippen LogP contribution < -0.4 is 14.4 Å². The SMILES string of the molecule is COc1ccc(CN(C(=O)CCCN(c2cccc(C)c2C)S(C)(=O)=O)C(C)C(=O)NC(C)(C)C)cc1. The number of amides is 2. The molecule has 2 aromatic carbocycles. The van der Waals surface area contributed by atoms with E-state index in [2.05, 4.69) is 5.32 Å². The average Bonchev–Trinajstić information content (AvgIpc) is 2.80. The lowest BCUT2D eigenvalue weighted by molar-refractivity contribution is -0.141. The molecule has 37 heavy (non-hydrogen) atoms. The zero-order valence-electron chi connectivity index (χ0n) is 23.3. The second-order valence-electron chi connectivity index (χ2n) is 10.4. The summed E-state index contributed by atoms with van der Waals surface area (Å²) >= 11 is 0. The van der Waals surface area contributed by atoms with Crippen LogP contribution in [0.1, 0.15) is 57.2 Å². The Morgan fingerprint density at radius 3 is 2.22 bits per heavy atom. The number of anilines is 1. The number of carbonyl (C=O) groups is 2. The van der Waals surface area contributed by atoms with Crippen molar-refractivity contribution in [3.8, 4) is 5.75 Å². The molecule has 9 heteroatoms. The van der Waals surface area contributed by atoms with E-state index >= 15 is 0 Å². The van der Waals surface area contributed by atoms with Gasteiger partial charge in [0, 0.05) is 25.0 Å². The van der Waals surface area contributed by atoms with Gasteiger partial charge in [-0.15, -0.1) is 0 Å². The zero-order valence-corrected chi connectivity index (χ0v) is 24.1. The minimum Gasteiger partial charge on any atom is -0.497 e. The monoisotopic (exact) mass is 531 g/mol. The van der Waals surface area contributed by atoms with E-state index in [0.717, 1.165) is 16.7 Å². The first kappa shape index (κ1) is 30.2. The molecule has 204 valence electrons. The van der Waals surface area contributed by atoms with Crippen molar-refractivity contribution in [1.82, 2.24) is 10.2 Å². The maximum Gasteiger partial charge on any atom is 0.242 e. The summed E-state index contributed by atoms with van der Waals surface area (Å²) in [6.45, 7) is 11.6. The fourth-order valence-corrected chi connectivity index (χ4v) is 4.99. The van der Waals surface area contributed by atoms with Gasteiger partial charge in [0.15, 0.2) is 0 Å². The summed E-state index contributed by atoms with van der Waals surface area (Å²) in [5.74, 6) is 0.233.